The summed E-state index contributed by atoms with van der Waals surface area (Å²) in [6, 6.07) is 4.30. The molecule has 1 aromatic heterocycles. The highest BCUT2D eigenvalue weighted by Gasteiger charge is 2.30. The van der Waals surface area contributed by atoms with E-state index in [4.69, 9.17) is 11.1 Å². The van der Waals surface area contributed by atoms with E-state index in [1.807, 2.05) is 0 Å². The van der Waals surface area contributed by atoms with E-state index in [0.29, 0.717) is 16.3 Å². The van der Waals surface area contributed by atoms with Gasteiger partial charge in [0.15, 0.2) is 0 Å². The summed E-state index contributed by atoms with van der Waals surface area (Å²) in [6.45, 7) is -0.156. The molecule has 1 heterocycles. The molecule has 0 fully saturated rings. The van der Waals surface area contributed by atoms with E-state index in [9.17, 15) is 18.4 Å². The lowest BCUT2D eigenvalue weighted by atomic mass is 10.1. The first kappa shape index (κ1) is 14.9. The molecule has 0 saturated heterocycles. The summed E-state index contributed by atoms with van der Waals surface area (Å²) < 4.78 is 38.3. The van der Waals surface area contributed by atoms with E-state index in [-0.39, 0.29) is 12.5 Å². The number of hydroxylamine groups is 2. The highest BCUT2D eigenvalue weighted by atomic mass is 19.4. The van der Waals surface area contributed by atoms with Crippen LogP contribution in [-0.4, -0.2) is 26.0 Å². The van der Waals surface area contributed by atoms with E-state index in [0.717, 1.165) is 16.8 Å². The Morgan fingerprint density at radius 3 is 2.43 bits per heavy atom. The van der Waals surface area contributed by atoms with Gasteiger partial charge in [-0.1, -0.05) is 12.1 Å². The number of anilines is 1. The monoisotopic (exact) mass is 299 g/mol. The molecule has 0 amide bonds. The molecule has 112 valence electrons. The second-order valence-corrected chi connectivity index (χ2v) is 4.29. The molecule has 0 spiro atoms. The minimum absolute atomic E-state index is 0.156. The van der Waals surface area contributed by atoms with Gasteiger partial charge in [0, 0.05) is 0 Å². The Balaban J connectivity index is 2.06. The van der Waals surface area contributed by atoms with E-state index in [1.165, 1.54) is 24.5 Å². The molecule has 0 aliphatic carbocycles. The quantitative estimate of drug-likeness (QED) is 0.450. The van der Waals surface area contributed by atoms with Crippen LogP contribution in [0.15, 0.2) is 36.7 Å². The third kappa shape index (κ3) is 3.51. The van der Waals surface area contributed by atoms with Gasteiger partial charge >= 0.3 is 6.18 Å². The fourth-order valence-electron chi connectivity index (χ4n) is 1.62. The van der Waals surface area contributed by atoms with Crippen molar-refractivity contribution in [3.05, 3.63) is 47.8 Å². The topological polar surface area (TPSA) is 91.2 Å². The van der Waals surface area contributed by atoms with Crippen LogP contribution >= 0.6 is 0 Å². The van der Waals surface area contributed by atoms with Gasteiger partial charge in [0.1, 0.15) is 0 Å². The summed E-state index contributed by atoms with van der Waals surface area (Å²) in [4.78, 5) is 0. The third-order valence-electron chi connectivity index (χ3n) is 2.68. The number of nitrogens with one attached hydrogen (secondary N) is 1. The van der Waals surface area contributed by atoms with Gasteiger partial charge in [0.05, 0.1) is 30.2 Å². The largest absolute Gasteiger partial charge is 0.416 e. The number of nitrogens with zero attached hydrogens (tertiary/aromatic N) is 3. The number of nitrogen functional groups attached to an aromatic ring is 1. The SMILES string of the molecule is N=C(N(O)Cc1ccc(C(F)(F)F)cc1)n1cc(N)cn1. The standard InChI is InChI=1S/C12H12F3N5O/c13-12(14,15)9-3-1-8(2-4-9)6-20(21)11(17)19-7-10(16)5-18-19/h1-5,7,17,21H,6,16H2. The maximum atomic E-state index is 12.4. The molecular formula is C12H12F3N5O. The van der Waals surface area contributed by atoms with Crippen LogP contribution in [0.5, 0.6) is 0 Å². The smallest absolute Gasteiger partial charge is 0.396 e. The predicted octanol–water partition coefficient (Wildman–Crippen LogP) is 2.16. The number of nitrogens with two attached hydrogens (primary N) is 1. The Hall–Kier alpha value is -2.55. The highest BCUT2D eigenvalue weighted by Crippen LogP contribution is 2.29. The normalized spacial score (nSPS) is 11.4. The number of hydrogen-bond donors (Lipinski definition) is 3. The summed E-state index contributed by atoms with van der Waals surface area (Å²) >= 11 is 0. The van der Waals surface area contributed by atoms with Crippen LogP contribution in [0, 0.1) is 5.41 Å². The minimum atomic E-state index is -4.41. The Morgan fingerprint density at radius 1 is 1.33 bits per heavy atom. The van der Waals surface area contributed by atoms with Crippen LogP contribution in [0.25, 0.3) is 0 Å². The van der Waals surface area contributed by atoms with Gasteiger partial charge < -0.3 is 5.73 Å². The van der Waals surface area contributed by atoms with E-state index >= 15 is 0 Å². The zero-order valence-electron chi connectivity index (χ0n) is 10.7. The fraction of sp³-hybridized carbons (Fsp3) is 0.167. The molecule has 0 atom stereocenters. The molecule has 0 aliphatic rings. The van der Waals surface area contributed by atoms with Crippen LogP contribution in [0.1, 0.15) is 11.1 Å². The molecule has 4 N–H and O–H groups in total. The van der Waals surface area contributed by atoms with Crippen molar-refractivity contribution in [2.45, 2.75) is 12.7 Å². The zero-order valence-corrected chi connectivity index (χ0v) is 10.7. The Kier molecular flexibility index (Phi) is 3.85. The first-order valence-corrected chi connectivity index (χ1v) is 5.79. The van der Waals surface area contributed by atoms with Gasteiger partial charge in [-0.15, -0.1) is 0 Å². The van der Waals surface area contributed by atoms with E-state index < -0.39 is 11.7 Å². The van der Waals surface area contributed by atoms with Crippen molar-refractivity contribution in [1.29, 1.82) is 5.41 Å². The predicted molar refractivity (Wildman–Crippen MR) is 68.5 cm³/mol. The highest BCUT2D eigenvalue weighted by molar-refractivity contribution is 5.77. The maximum Gasteiger partial charge on any atom is 0.416 e. The Morgan fingerprint density at radius 2 is 1.95 bits per heavy atom. The summed E-state index contributed by atoms with van der Waals surface area (Å²) in [5.74, 6) is -0.369. The Bertz CT molecular complexity index is 635. The van der Waals surface area contributed by atoms with E-state index in [1.54, 1.807) is 0 Å². The lowest BCUT2D eigenvalue weighted by Crippen LogP contribution is -2.32. The molecule has 21 heavy (non-hydrogen) atoms. The van der Waals surface area contributed by atoms with Crippen molar-refractivity contribution in [1.82, 2.24) is 14.8 Å². The molecule has 0 radical (unpaired) electrons. The number of alkyl halides is 3. The first-order valence-electron chi connectivity index (χ1n) is 5.79. The molecule has 9 heteroatoms. The number of halogens is 3. The molecule has 0 bridgehead atoms. The second kappa shape index (κ2) is 5.44. The average Bonchev–Trinajstić information content (AvgIpc) is 2.84. The van der Waals surface area contributed by atoms with Gasteiger partial charge in [-0.25, -0.2) is 9.75 Å². The summed E-state index contributed by atoms with van der Waals surface area (Å²) in [5, 5.41) is 21.7. The number of rotatable bonds is 2. The van der Waals surface area contributed by atoms with Crippen LogP contribution in [0.4, 0.5) is 18.9 Å². The lowest BCUT2D eigenvalue weighted by molar-refractivity contribution is -0.137. The van der Waals surface area contributed by atoms with Crippen LogP contribution < -0.4 is 5.73 Å². The number of aromatic nitrogens is 2. The van der Waals surface area contributed by atoms with Crippen LogP contribution in [0.2, 0.25) is 0 Å². The molecule has 6 nitrogen and oxygen atoms in total. The minimum Gasteiger partial charge on any atom is -0.396 e. The summed E-state index contributed by atoms with van der Waals surface area (Å²) in [5.41, 5.74) is 5.40. The lowest BCUT2D eigenvalue weighted by Gasteiger charge is -2.17. The van der Waals surface area contributed by atoms with Crippen molar-refractivity contribution in [3.8, 4) is 0 Å². The zero-order chi connectivity index (χ0) is 15.6. The number of benzene rings is 1. The second-order valence-electron chi connectivity index (χ2n) is 4.29. The molecule has 2 aromatic rings. The van der Waals surface area contributed by atoms with Crippen molar-refractivity contribution in [2.24, 2.45) is 0 Å². The van der Waals surface area contributed by atoms with Gasteiger partial charge in [-0.05, 0) is 17.7 Å². The maximum absolute atomic E-state index is 12.4. The van der Waals surface area contributed by atoms with Crippen molar-refractivity contribution >= 4 is 11.6 Å². The molecule has 1 aromatic carbocycles. The average molecular weight is 299 g/mol. The molecule has 0 saturated carbocycles. The van der Waals surface area contributed by atoms with E-state index in [2.05, 4.69) is 5.10 Å². The fourth-order valence-corrected chi connectivity index (χ4v) is 1.62. The number of hydrogen-bond acceptors (Lipinski definition) is 4. The van der Waals surface area contributed by atoms with Crippen molar-refractivity contribution < 1.29 is 18.4 Å². The van der Waals surface area contributed by atoms with Crippen LogP contribution in [0.3, 0.4) is 0 Å². The summed E-state index contributed by atoms with van der Waals surface area (Å²) in [6.07, 6.45) is -1.77. The molecular weight excluding hydrogens is 287 g/mol. The molecule has 2 rings (SSSR count). The summed E-state index contributed by atoms with van der Waals surface area (Å²) in [7, 11) is 0. The Labute approximate surface area is 117 Å². The van der Waals surface area contributed by atoms with Gasteiger partial charge in [-0.3, -0.25) is 10.6 Å². The van der Waals surface area contributed by atoms with Crippen molar-refractivity contribution in [3.63, 3.8) is 0 Å². The van der Waals surface area contributed by atoms with Gasteiger partial charge in [0.25, 0.3) is 0 Å². The molecule has 0 unspecified atom stereocenters. The van der Waals surface area contributed by atoms with Gasteiger partial charge in [0.2, 0.25) is 5.96 Å². The molecule has 0 aliphatic heterocycles. The van der Waals surface area contributed by atoms with Gasteiger partial charge in [-0.2, -0.15) is 18.3 Å². The third-order valence-corrected chi connectivity index (χ3v) is 2.68. The van der Waals surface area contributed by atoms with Crippen LogP contribution in [-0.2, 0) is 12.7 Å². The van der Waals surface area contributed by atoms with Crippen molar-refractivity contribution in [2.75, 3.05) is 5.73 Å². The first-order chi connectivity index (χ1) is 9.77.